The number of amides is 1. The first-order chi connectivity index (χ1) is 7.83. The molecule has 2 rings (SSSR count). The first-order valence-electron chi connectivity index (χ1n) is 5.58. The van der Waals surface area contributed by atoms with E-state index in [9.17, 15) is 4.79 Å². The number of halogens is 1. The summed E-state index contributed by atoms with van der Waals surface area (Å²) in [6.45, 7) is 0.628. The summed E-state index contributed by atoms with van der Waals surface area (Å²) in [6.07, 6.45) is 4.64. The third-order valence-corrected chi connectivity index (χ3v) is 3.76. The van der Waals surface area contributed by atoms with Crippen LogP contribution in [0.2, 0.25) is 0 Å². The van der Waals surface area contributed by atoms with Gasteiger partial charge in [0.05, 0.1) is 5.51 Å². The summed E-state index contributed by atoms with van der Waals surface area (Å²) in [5, 5.41) is 1.80. The zero-order chi connectivity index (χ0) is 11.4. The third kappa shape index (κ3) is 2.55. The molecule has 3 nitrogen and oxygen atoms in total. The van der Waals surface area contributed by atoms with Crippen molar-refractivity contribution in [3.05, 3.63) is 16.6 Å². The molecule has 0 N–H and O–H groups in total. The van der Waals surface area contributed by atoms with Crippen molar-refractivity contribution in [2.45, 2.75) is 31.7 Å². The van der Waals surface area contributed by atoms with Crippen molar-refractivity contribution in [3.8, 4) is 0 Å². The highest BCUT2D eigenvalue weighted by Crippen LogP contribution is 2.24. The van der Waals surface area contributed by atoms with Crippen molar-refractivity contribution in [3.63, 3.8) is 0 Å². The molecule has 0 saturated heterocycles. The van der Waals surface area contributed by atoms with Crippen molar-refractivity contribution in [1.82, 2.24) is 9.88 Å². The summed E-state index contributed by atoms with van der Waals surface area (Å²) in [7, 11) is 0. The lowest BCUT2D eigenvalue weighted by atomic mass is 10.2. The topological polar surface area (TPSA) is 33.2 Å². The monoisotopic (exact) mass is 258 g/mol. The number of aromatic nitrogens is 1. The molecule has 1 aliphatic carbocycles. The molecule has 88 valence electrons. The number of thiazole rings is 1. The molecular weight excluding hydrogens is 244 g/mol. The molecule has 16 heavy (non-hydrogen) atoms. The summed E-state index contributed by atoms with van der Waals surface area (Å²) >= 11 is 7.22. The molecule has 0 bridgehead atoms. The average molecular weight is 259 g/mol. The van der Waals surface area contributed by atoms with Crippen molar-refractivity contribution in [2.75, 3.05) is 12.4 Å². The molecule has 0 aliphatic heterocycles. The van der Waals surface area contributed by atoms with Gasteiger partial charge >= 0.3 is 0 Å². The molecular formula is C11H15ClN2OS. The lowest BCUT2D eigenvalue weighted by molar-refractivity contribution is 0.0690. The van der Waals surface area contributed by atoms with Gasteiger partial charge in [0.25, 0.3) is 5.91 Å². The van der Waals surface area contributed by atoms with Gasteiger partial charge in [-0.2, -0.15) is 0 Å². The van der Waals surface area contributed by atoms with Crippen LogP contribution in [-0.4, -0.2) is 34.3 Å². The quantitative estimate of drug-likeness (QED) is 0.778. The van der Waals surface area contributed by atoms with Gasteiger partial charge < -0.3 is 4.90 Å². The van der Waals surface area contributed by atoms with Crippen LogP contribution < -0.4 is 0 Å². The molecule has 1 fully saturated rings. The Hall–Kier alpha value is -0.610. The Kier molecular flexibility index (Phi) is 4.18. The summed E-state index contributed by atoms with van der Waals surface area (Å²) in [4.78, 5) is 18.2. The Morgan fingerprint density at radius 3 is 2.88 bits per heavy atom. The first kappa shape index (κ1) is 11.9. The number of hydrogen-bond acceptors (Lipinski definition) is 3. The molecule has 1 aliphatic rings. The Morgan fingerprint density at radius 2 is 2.31 bits per heavy atom. The number of alkyl halides is 1. The highest BCUT2D eigenvalue weighted by molar-refractivity contribution is 7.07. The summed E-state index contributed by atoms with van der Waals surface area (Å²) in [5.41, 5.74) is 2.25. The molecule has 0 radical (unpaired) electrons. The van der Waals surface area contributed by atoms with Crippen LogP contribution in [0.15, 0.2) is 10.9 Å². The lowest BCUT2D eigenvalue weighted by Gasteiger charge is -2.27. The summed E-state index contributed by atoms with van der Waals surface area (Å²) in [6, 6.07) is 0.368. The van der Waals surface area contributed by atoms with Crippen molar-refractivity contribution >= 4 is 28.8 Å². The van der Waals surface area contributed by atoms with E-state index >= 15 is 0 Å². The van der Waals surface area contributed by atoms with Gasteiger partial charge in [-0.3, -0.25) is 4.79 Å². The third-order valence-electron chi connectivity index (χ3n) is 3.00. The zero-order valence-corrected chi connectivity index (χ0v) is 10.6. The molecule has 1 aromatic rings. The minimum Gasteiger partial charge on any atom is -0.333 e. The molecule has 0 atom stereocenters. The van der Waals surface area contributed by atoms with Crippen LogP contribution in [0.3, 0.4) is 0 Å². The molecule has 1 saturated carbocycles. The van der Waals surface area contributed by atoms with Gasteiger partial charge in [0.2, 0.25) is 0 Å². The molecule has 5 heteroatoms. The minimum atomic E-state index is 0.0359. The fraction of sp³-hybridized carbons (Fsp3) is 0.636. The second-order valence-corrected chi connectivity index (χ2v) is 5.10. The van der Waals surface area contributed by atoms with E-state index in [4.69, 9.17) is 11.6 Å². The Morgan fingerprint density at radius 1 is 1.56 bits per heavy atom. The number of hydrogen-bond donors (Lipinski definition) is 0. The van der Waals surface area contributed by atoms with E-state index in [1.54, 1.807) is 10.9 Å². The van der Waals surface area contributed by atoms with Crippen LogP contribution >= 0.6 is 22.9 Å². The Bertz CT molecular complexity index is 336. The van der Waals surface area contributed by atoms with Crippen molar-refractivity contribution in [1.29, 1.82) is 0 Å². The van der Waals surface area contributed by atoms with Crippen LogP contribution in [0, 0.1) is 0 Å². The Labute approximate surface area is 104 Å². The van der Waals surface area contributed by atoms with Crippen LogP contribution in [-0.2, 0) is 0 Å². The molecule has 0 aromatic carbocycles. The largest absolute Gasteiger partial charge is 0.333 e. The molecule has 1 aromatic heterocycles. The second-order valence-electron chi connectivity index (χ2n) is 4.00. The second kappa shape index (κ2) is 5.64. The molecule has 0 unspecified atom stereocenters. The number of nitrogens with zero attached hydrogens (tertiary/aromatic N) is 2. The molecule has 1 amide bonds. The average Bonchev–Trinajstić information content (AvgIpc) is 2.96. The van der Waals surface area contributed by atoms with Crippen LogP contribution in [0.4, 0.5) is 0 Å². The number of carbonyl (C=O) groups excluding carboxylic acids is 1. The van der Waals surface area contributed by atoms with Gasteiger partial charge in [-0.1, -0.05) is 12.8 Å². The fourth-order valence-electron chi connectivity index (χ4n) is 2.22. The van der Waals surface area contributed by atoms with E-state index in [1.165, 1.54) is 24.2 Å². The first-order valence-corrected chi connectivity index (χ1v) is 7.06. The van der Waals surface area contributed by atoms with E-state index in [-0.39, 0.29) is 5.91 Å². The van der Waals surface area contributed by atoms with E-state index in [2.05, 4.69) is 4.98 Å². The van der Waals surface area contributed by atoms with E-state index in [0.29, 0.717) is 24.2 Å². The number of rotatable bonds is 4. The fourth-order valence-corrected chi connectivity index (χ4v) is 2.93. The normalized spacial score (nSPS) is 16.6. The molecule has 0 spiro atoms. The van der Waals surface area contributed by atoms with Gasteiger partial charge in [-0.25, -0.2) is 4.98 Å². The van der Waals surface area contributed by atoms with Crippen LogP contribution in [0.25, 0.3) is 0 Å². The predicted molar refractivity (Wildman–Crippen MR) is 66.1 cm³/mol. The highest BCUT2D eigenvalue weighted by Gasteiger charge is 2.27. The van der Waals surface area contributed by atoms with Crippen molar-refractivity contribution in [2.24, 2.45) is 0 Å². The van der Waals surface area contributed by atoms with Crippen molar-refractivity contribution < 1.29 is 4.79 Å². The summed E-state index contributed by atoms with van der Waals surface area (Å²) < 4.78 is 0. The van der Waals surface area contributed by atoms with Gasteiger partial charge in [-0.05, 0) is 12.8 Å². The van der Waals surface area contributed by atoms with Crippen LogP contribution in [0.1, 0.15) is 36.2 Å². The number of carbonyl (C=O) groups is 1. The van der Waals surface area contributed by atoms with E-state index in [1.807, 2.05) is 4.90 Å². The predicted octanol–water partition coefficient (Wildman–Crippen LogP) is 2.77. The maximum Gasteiger partial charge on any atom is 0.273 e. The smallest absolute Gasteiger partial charge is 0.273 e. The van der Waals surface area contributed by atoms with E-state index in [0.717, 1.165) is 12.8 Å². The van der Waals surface area contributed by atoms with Gasteiger partial charge in [0.1, 0.15) is 5.69 Å². The zero-order valence-electron chi connectivity index (χ0n) is 9.06. The minimum absolute atomic E-state index is 0.0359. The van der Waals surface area contributed by atoms with E-state index < -0.39 is 0 Å². The Balaban J connectivity index is 2.09. The highest BCUT2D eigenvalue weighted by atomic mass is 35.5. The van der Waals surface area contributed by atoms with Gasteiger partial charge in [0, 0.05) is 23.8 Å². The lowest BCUT2D eigenvalue weighted by Crippen LogP contribution is -2.40. The SMILES string of the molecule is O=C(c1cscn1)N(CCCl)C1CCCC1. The maximum absolute atomic E-state index is 12.2. The standard InChI is InChI=1S/C11H15ClN2OS/c12-5-6-14(9-3-1-2-4-9)11(15)10-7-16-8-13-10/h7-9H,1-6H2. The van der Waals surface area contributed by atoms with Gasteiger partial charge in [0.15, 0.2) is 0 Å². The molecule has 1 heterocycles. The maximum atomic E-state index is 12.2. The summed E-state index contributed by atoms with van der Waals surface area (Å²) in [5.74, 6) is 0.528. The van der Waals surface area contributed by atoms with Crippen LogP contribution in [0.5, 0.6) is 0 Å². The van der Waals surface area contributed by atoms with Gasteiger partial charge in [-0.15, -0.1) is 22.9 Å².